The molecule has 0 fully saturated rings. The predicted octanol–water partition coefficient (Wildman–Crippen LogP) is 1.14. The lowest BCUT2D eigenvalue weighted by Crippen LogP contribution is -1.87. The van der Waals surface area contributed by atoms with Gasteiger partial charge in [-0.25, -0.2) is 9.97 Å². The van der Waals surface area contributed by atoms with Crippen LogP contribution in [-0.2, 0) is 0 Å². The van der Waals surface area contributed by atoms with E-state index in [1.54, 1.807) is 19.3 Å². The lowest BCUT2D eigenvalue weighted by atomic mass is 10.3. The number of hydrogen-bond donors (Lipinski definition) is 0. The molecule has 0 spiro atoms. The number of nitrogens with zero attached hydrogens (tertiary/aromatic N) is 4. The summed E-state index contributed by atoms with van der Waals surface area (Å²) in [6.07, 6.45) is 3.32. The van der Waals surface area contributed by atoms with Gasteiger partial charge in [-0.2, -0.15) is 0 Å². The smallest absolute Gasteiger partial charge is 0.250 e. The Kier molecular flexibility index (Phi) is 1.77. The SMILES string of the molecule is Cc1ncc(-c2nnc(C)o2)cn1. The average molecular weight is 176 g/mol. The van der Waals surface area contributed by atoms with Crippen LogP contribution >= 0.6 is 0 Å². The minimum Gasteiger partial charge on any atom is -0.421 e. The molecule has 66 valence electrons. The molecule has 5 heteroatoms. The maximum absolute atomic E-state index is 5.21. The summed E-state index contributed by atoms with van der Waals surface area (Å²) in [5.74, 6) is 1.72. The van der Waals surface area contributed by atoms with Crippen molar-refractivity contribution in [3.8, 4) is 11.5 Å². The molecule has 0 aliphatic carbocycles. The summed E-state index contributed by atoms with van der Waals surface area (Å²) in [6.45, 7) is 3.56. The molecule has 2 rings (SSSR count). The molecular weight excluding hydrogens is 168 g/mol. The molecule has 5 nitrogen and oxygen atoms in total. The molecule has 0 unspecified atom stereocenters. The van der Waals surface area contributed by atoms with Crippen LogP contribution in [0.4, 0.5) is 0 Å². The van der Waals surface area contributed by atoms with Gasteiger partial charge >= 0.3 is 0 Å². The molecule has 0 saturated carbocycles. The van der Waals surface area contributed by atoms with Crippen LogP contribution in [0, 0.1) is 13.8 Å². The lowest BCUT2D eigenvalue weighted by molar-refractivity contribution is 0.532. The lowest BCUT2D eigenvalue weighted by Gasteiger charge is -1.92. The third kappa shape index (κ3) is 1.53. The number of aryl methyl sites for hydroxylation is 2. The molecule has 0 saturated heterocycles. The first kappa shape index (κ1) is 7.85. The minimum atomic E-state index is 0.456. The van der Waals surface area contributed by atoms with Crippen molar-refractivity contribution in [1.82, 2.24) is 20.2 Å². The first-order valence-corrected chi connectivity index (χ1v) is 3.85. The largest absolute Gasteiger partial charge is 0.421 e. The van der Waals surface area contributed by atoms with Gasteiger partial charge in [0.05, 0.1) is 5.56 Å². The second kappa shape index (κ2) is 2.93. The van der Waals surface area contributed by atoms with Gasteiger partial charge in [-0.1, -0.05) is 0 Å². The number of rotatable bonds is 1. The van der Waals surface area contributed by atoms with Crippen LogP contribution < -0.4 is 0 Å². The molecule has 13 heavy (non-hydrogen) atoms. The third-order valence-electron chi connectivity index (χ3n) is 1.55. The Labute approximate surface area is 74.9 Å². The normalized spacial score (nSPS) is 10.3. The van der Waals surface area contributed by atoms with E-state index in [4.69, 9.17) is 4.42 Å². The van der Waals surface area contributed by atoms with Gasteiger partial charge in [0.1, 0.15) is 5.82 Å². The molecule has 2 aromatic heterocycles. The molecule has 0 bridgehead atoms. The fourth-order valence-corrected chi connectivity index (χ4v) is 0.916. The Hall–Kier alpha value is -1.78. The van der Waals surface area contributed by atoms with E-state index in [1.165, 1.54) is 0 Å². The number of hydrogen-bond acceptors (Lipinski definition) is 5. The van der Waals surface area contributed by atoms with E-state index in [0.717, 1.165) is 11.4 Å². The summed E-state index contributed by atoms with van der Waals surface area (Å²) in [5, 5.41) is 7.56. The third-order valence-corrected chi connectivity index (χ3v) is 1.55. The van der Waals surface area contributed by atoms with Gasteiger partial charge in [0.25, 0.3) is 5.89 Å². The summed E-state index contributed by atoms with van der Waals surface area (Å²) in [4.78, 5) is 8.05. The molecule has 0 aliphatic rings. The van der Waals surface area contributed by atoms with Crippen LogP contribution in [-0.4, -0.2) is 20.2 Å². The van der Waals surface area contributed by atoms with Crippen LogP contribution in [0.3, 0.4) is 0 Å². The van der Waals surface area contributed by atoms with Gasteiger partial charge in [0.15, 0.2) is 0 Å². The van der Waals surface area contributed by atoms with Crippen molar-refractivity contribution in [2.24, 2.45) is 0 Å². The van der Waals surface area contributed by atoms with Crippen molar-refractivity contribution < 1.29 is 4.42 Å². The van der Waals surface area contributed by atoms with Crippen molar-refractivity contribution in [1.29, 1.82) is 0 Å². The fraction of sp³-hybridized carbons (Fsp3) is 0.250. The second-order valence-electron chi connectivity index (χ2n) is 2.65. The maximum atomic E-state index is 5.21. The fourth-order valence-electron chi connectivity index (χ4n) is 0.916. The Morgan fingerprint density at radius 1 is 1.08 bits per heavy atom. The molecular formula is C8H8N4O. The standard InChI is InChI=1S/C8H8N4O/c1-5-9-3-7(4-10-5)8-12-11-6(2)13-8/h3-4H,1-2H3. The molecule has 0 aliphatic heterocycles. The first-order valence-electron chi connectivity index (χ1n) is 3.85. The van der Waals surface area contributed by atoms with E-state index in [2.05, 4.69) is 20.2 Å². The molecule has 0 radical (unpaired) electrons. The van der Waals surface area contributed by atoms with Crippen molar-refractivity contribution in [2.75, 3.05) is 0 Å². The highest BCUT2D eigenvalue weighted by Gasteiger charge is 2.05. The van der Waals surface area contributed by atoms with E-state index in [0.29, 0.717) is 11.8 Å². The minimum absolute atomic E-state index is 0.456. The van der Waals surface area contributed by atoms with Crippen molar-refractivity contribution in [3.05, 3.63) is 24.1 Å². The topological polar surface area (TPSA) is 64.7 Å². The Bertz CT molecular complexity index is 406. The van der Waals surface area contributed by atoms with Gasteiger partial charge in [-0.3, -0.25) is 0 Å². The monoisotopic (exact) mass is 176 g/mol. The summed E-state index contributed by atoms with van der Waals surface area (Å²) >= 11 is 0. The zero-order chi connectivity index (χ0) is 9.26. The van der Waals surface area contributed by atoms with Crippen LogP contribution in [0.2, 0.25) is 0 Å². The highest BCUT2D eigenvalue weighted by Crippen LogP contribution is 2.14. The Morgan fingerprint density at radius 2 is 1.77 bits per heavy atom. The van der Waals surface area contributed by atoms with Crippen molar-refractivity contribution >= 4 is 0 Å². The van der Waals surface area contributed by atoms with Crippen LogP contribution in [0.25, 0.3) is 11.5 Å². The summed E-state index contributed by atoms with van der Waals surface area (Å²) in [5.41, 5.74) is 0.742. The highest BCUT2D eigenvalue weighted by atomic mass is 16.4. The zero-order valence-electron chi connectivity index (χ0n) is 7.35. The Balaban J connectivity index is 2.41. The molecule has 0 atom stereocenters. The van der Waals surface area contributed by atoms with Crippen LogP contribution in [0.1, 0.15) is 11.7 Å². The zero-order valence-corrected chi connectivity index (χ0v) is 7.35. The summed E-state index contributed by atoms with van der Waals surface area (Å²) < 4.78 is 5.21. The predicted molar refractivity (Wildman–Crippen MR) is 44.8 cm³/mol. The molecule has 0 aromatic carbocycles. The molecule has 2 aromatic rings. The van der Waals surface area contributed by atoms with Crippen molar-refractivity contribution in [3.63, 3.8) is 0 Å². The van der Waals surface area contributed by atoms with Gasteiger partial charge < -0.3 is 4.42 Å². The van der Waals surface area contributed by atoms with E-state index in [9.17, 15) is 0 Å². The van der Waals surface area contributed by atoms with Gasteiger partial charge in [0, 0.05) is 19.3 Å². The van der Waals surface area contributed by atoms with Crippen LogP contribution in [0.15, 0.2) is 16.8 Å². The van der Waals surface area contributed by atoms with E-state index in [-0.39, 0.29) is 0 Å². The summed E-state index contributed by atoms with van der Waals surface area (Å²) in [6, 6.07) is 0. The van der Waals surface area contributed by atoms with Gasteiger partial charge in [0.2, 0.25) is 5.89 Å². The number of aromatic nitrogens is 4. The highest BCUT2D eigenvalue weighted by molar-refractivity contribution is 5.48. The van der Waals surface area contributed by atoms with Gasteiger partial charge in [-0.05, 0) is 6.92 Å². The van der Waals surface area contributed by atoms with Crippen molar-refractivity contribution in [2.45, 2.75) is 13.8 Å². The maximum Gasteiger partial charge on any atom is 0.250 e. The molecule has 0 amide bonds. The molecule has 0 N–H and O–H groups in total. The Morgan fingerprint density at radius 3 is 2.31 bits per heavy atom. The summed E-state index contributed by atoms with van der Waals surface area (Å²) in [7, 11) is 0. The van der Waals surface area contributed by atoms with Gasteiger partial charge in [-0.15, -0.1) is 10.2 Å². The second-order valence-corrected chi connectivity index (χ2v) is 2.65. The molecule has 2 heterocycles. The van der Waals surface area contributed by atoms with E-state index >= 15 is 0 Å². The first-order chi connectivity index (χ1) is 6.25. The quantitative estimate of drug-likeness (QED) is 0.651. The average Bonchev–Trinajstić information content (AvgIpc) is 2.53. The van der Waals surface area contributed by atoms with E-state index in [1.807, 2.05) is 6.92 Å². The van der Waals surface area contributed by atoms with E-state index < -0.39 is 0 Å². The van der Waals surface area contributed by atoms with Crippen LogP contribution in [0.5, 0.6) is 0 Å².